The number of nitrogens with zero attached hydrogens (tertiary/aromatic N) is 3. The Morgan fingerprint density at radius 2 is 1.67 bits per heavy atom. The minimum absolute atomic E-state index is 0.0425. The molecule has 0 fully saturated rings. The third-order valence-electron chi connectivity index (χ3n) is 3.82. The average Bonchev–Trinajstić information content (AvgIpc) is 2.71. The molecule has 27 heavy (non-hydrogen) atoms. The van der Waals surface area contributed by atoms with E-state index in [4.69, 9.17) is 0 Å². The molecular weight excluding hydrogens is 340 g/mol. The van der Waals surface area contributed by atoms with E-state index in [-0.39, 0.29) is 5.91 Å². The molecule has 3 N–H and O–H groups in total. The van der Waals surface area contributed by atoms with Crippen LogP contribution in [0.25, 0.3) is 0 Å². The summed E-state index contributed by atoms with van der Waals surface area (Å²) in [6.45, 7) is 1.11. The molecule has 7 nitrogen and oxygen atoms in total. The van der Waals surface area contributed by atoms with Crippen LogP contribution in [0.5, 0.6) is 0 Å². The largest absolute Gasteiger partial charge is 0.368 e. The molecular formula is C20H22N6O. The number of benzene rings is 1. The summed E-state index contributed by atoms with van der Waals surface area (Å²) in [5.74, 6) is 2.09. The van der Waals surface area contributed by atoms with Crippen LogP contribution < -0.4 is 16.0 Å². The lowest BCUT2D eigenvalue weighted by molar-refractivity contribution is -0.120. The highest BCUT2D eigenvalue weighted by Crippen LogP contribution is 2.13. The molecule has 0 aliphatic carbocycles. The van der Waals surface area contributed by atoms with Crippen LogP contribution in [-0.4, -0.2) is 33.9 Å². The normalized spacial score (nSPS) is 10.2. The molecule has 0 saturated carbocycles. The van der Waals surface area contributed by atoms with Crippen molar-refractivity contribution in [1.29, 1.82) is 0 Å². The van der Waals surface area contributed by atoms with E-state index in [0.717, 1.165) is 6.42 Å². The predicted octanol–water partition coefficient (Wildman–Crippen LogP) is 2.78. The average molecular weight is 362 g/mol. The third-order valence-corrected chi connectivity index (χ3v) is 3.82. The van der Waals surface area contributed by atoms with Crippen molar-refractivity contribution >= 4 is 23.4 Å². The second-order valence-electron chi connectivity index (χ2n) is 5.89. The lowest BCUT2D eigenvalue weighted by atomic mass is 10.1. The number of hydrogen-bond donors (Lipinski definition) is 3. The highest BCUT2D eigenvalue weighted by molar-refractivity contribution is 5.76. The number of pyridine rings is 1. The maximum Gasteiger partial charge on any atom is 0.220 e. The van der Waals surface area contributed by atoms with Crippen LogP contribution in [0, 0.1) is 0 Å². The monoisotopic (exact) mass is 362 g/mol. The molecule has 0 spiro atoms. The number of amides is 1. The van der Waals surface area contributed by atoms with Crippen molar-refractivity contribution in [2.45, 2.75) is 12.8 Å². The van der Waals surface area contributed by atoms with E-state index in [1.54, 1.807) is 12.3 Å². The maximum atomic E-state index is 11.9. The van der Waals surface area contributed by atoms with Crippen molar-refractivity contribution in [1.82, 2.24) is 20.3 Å². The van der Waals surface area contributed by atoms with Gasteiger partial charge < -0.3 is 16.0 Å². The Morgan fingerprint density at radius 1 is 0.852 bits per heavy atom. The second-order valence-corrected chi connectivity index (χ2v) is 5.89. The molecule has 3 aromatic rings. The Labute approximate surface area is 158 Å². The number of carbonyl (C=O) groups is 1. The lowest BCUT2D eigenvalue weighted by Crippen LogP contribution is -2.29. The first-order valence-electron chi connectivity index (χ1n) is 8.84. The van der Waals surface area contributed by atoms with Gasteiger partial charge >= 0.3 is 0 Å². The van der Waals surface area contributed by atoms with Crippen LogP contribution in [-0.2, 0) is 11.2 Å². The van der Waals surface area contributed by atoms with Gasteiger partial charge in [-0.15, -0.1) is 0 Å². The summed E-state index contributed by atoms with van der Waals surface area (Å²) in [5.41, 5.74) is 1.17. The first-order chi connectivity index (χ1) is 13.3. The first kappa shape index (κ1) is 18.3. The fourth-order valence-corrected chi connectivity index (χ4v) is 2.47. The van der Waals surface area contributed by atoms with E-state index in [2.05, 4.69) is 30.9 Å². The standard InChI is InChI=1S/C20H22N6O/c27-20(10-9-16-6-2-1-3-7-16)23-13-12-22-18-14-19(25-15-24-18)26-17-8-4-5-11-21-17/h1-8,11,14-15H,9-10,12-13H2,(H,23,27)(H2,21,22,24,25,26). The van der Waals surface area contributed by atoms with Crippen molar-refractivity contribution < 1.29 is 4.79 Å². The molecule has 0 bridgehead atoms. The third kappa shape index (κ3) is 6.39. The summed E-state index contributed by atoms with van der Waals surface area (Å²) in [7, 11) is 0. The summed E-state index contributed by atoms with van der Waals surface area (Å²) >= 11 is 0. The maximum absolute atomic E-state index is 11.9. The summed E-state index contributed by atoms with van der Waals surface area (Å²) in [6.07, 6.45) is 4.42. The summed E-state index contributed by atoms with van der Waals surface area (Å²) in [6, 6.07) is 17.4. The quantitative estimate of drug-likeness (QED) is 0.507. The van der Waals surface area contributed by atoms with Gasteiger partial charge in [-0.05, 0) is 24.1 Å². The van der Waals surface area contributed by atoms with Crippen LogP contribution >= 0.6 is 0 Å². The van der Waals surface area contributed by atoms with Gasteiger partial charge in [-0.3, -0.25) is 4.79 Å². The van der Waals surface area contributed by atoms with Crippen molar-refractivity contribution in [3.8, 4) is 0 Å². The van der Waals surface area contributed by atoms with Crippen molar-refractivity contribution in [2.75, 3.05) is 23.7 Å². The Morgan fingerprint density at radius 3 is 2.48 bits per heavy atom. The highest BCUT2D eigenvalue weighted by atomic mass is 16.1. The fourth-order valence-electron chi connectivity index (χ4n) is 2.47. The van der Waals surface area contributed by atoms with E-state index in [1.165, 1.54) is 11.9 Å². The van der Waals surface area contributed by atoms with Crippen molar-refractivity contribution in [3.63, 3.8) is 0 Å². The zero-order chi connectivity index (χ0) is 18.7. The zero-order valence-corrected chi connectivity index (χ0v) is 14.9. The van der Waals surface area contributed by atoms with Gasteiger partial charge in [0.25, 0.3) is 0 Å². The number of aromatic nitrogens is 3. The van der Waals surface area contributed by atoms with E-state index in [9.17, 15) is 4.79 Å². The van der Waals surface area contributed by atoms with Gasteiger partial charge in [0, 0.05) is 31.8 Å². The van der Waals surface area contributed by atoms with Gasteiger partial charge in [0.1, 0.15) is 23.8 Å². The minimum Gasteiger partial charge on any atom is -0.368 e. The van der Waals surface area contributed by atoms with Gasteiger partial charge in [0.2, 0.25) is 5.91 Å². The van der Waals surface area contributed by atoms with Gasteiger partial charge in [0.05, 0.1) is 0 Å². The molecule has 0 saturated heterocycles. The number of aryl methyl sites for hydroxylation is 1. The number of anilines is 3. The molecule has 3 rings (SSSR count). The SMILES string of the molecule is O=C(CCc1ccccc1)NCCNc1cc(Nc2ccccn2)ncn1. The molecule has 7 heteroatoms. The van der Waals surface area contributed by atoms with E-state index >= 15 is 0 Å². The van der Waals surface area contributed by atoms with Gasteiger partial charge in [-0.25, -0.2) is 15.0 Å². The Balaban J connectivity index is 1.37. The molecule has 0 aliphatic rings. The van der Waals surface area contributed by atoms with Crippen LogP contribution in [0.2, 0.25) is 0 Å². The van der Waals surface area contributed by atoms with Crippen LogP contribution in [0.15, 0.2) is 67.1 Å². The van der Waals surface area contributed by atoms with Crippen molar-refractivity contribution in [2.24, 2.45) is 0 Å². The Kier molecular flexibility index (Phi) is 6.69. The predicted molar refractivity (Wildman–Crippen MR) is 106 cm³/mol. The molecule has 0 atom stereocenters. The Hall–Kier alpha value is -3.48. The smallest absolute Gasteiger partial charge is 0.220 e. The van der Waals surface area contributed by atoms with Gasteiger partial charge in [-0.2, -0.15) is 0 Å². The molecule has 2 heterocycles. The van der Waals surface area contributed by atoms with Gasteiger partial charge in [0.15, 0.2) is 0 Å². The molecule has 0 radical (unpaired) electrons. The number of hydrogen-bond acceptors (Lipinski definition) is 6. The van der Waals surface area contributed by atoms with Gasteiger partial charge in [-0.1, -0.05) is 36.4 Å². The molecule has 0 aliphatic heterocycles. The lowest BCUT2D eigenvalue weighted by Gasteiger charge is -2.09. The minimum atomic E-state index is 0.0425. The first-order valence-corrected chi connectivity index (χ1v) is 8.84. The van der Waals surface area contributed by atoms with Crippen LogP contribution in [0.1, 0.15) is 12.0 Å². The number of nitrogens with one attached hydrogen (secondary N) is 3. The topological polar surface area (TPSA) is 91.8 Å². The zero-order valence-electron chi connectivity index (χ0n) is 14.9. The second kappa shape index (κ2) is 9.86. The highest BCUT2D eigenvalue weighted by Gasteiger charge is 2.03. The van der Waals surface area contributed by atoms with E-state index in [1.807, 2.05) is 48.5 Å². The van der Waals surface area contributed by atoms with Crippen LogP contribution in [0.3, 0.4) is 0 Å². The summed E-state index contributed by atoms with van der Waals surface area (Å²) < 4.78 is 0. The number of rotatable bonds is 9. The summed E-state index contributed by atoms with van der Waals surface area (Å²) in [4.78, 5) is 24.5. The number of carbonyl (C=O) groups excluding carboxylic acids is 1. The molecule has 0 unspecified atom stereocenters. The Bertz CT molecular complexity index is 841. The fraction of sp³-hybridized carbons (Fsp3) is 0.200. The van der Waals surface area contributed by atoms with Crippen LogP contribution in [0.4, 0.5) is 17.5 Å². The van der Waals surface area contributed by atoms with Crippen molar-refractivity contribution in [3.05, 3.63) is 72.7 Å². The molecule has 138 valence electrons. The summed E-state index contributed by atoms with van der Waals surface area (Å²) in [5, 5.41) is 9.19. The van der Waals surface area contributed by atoms with E-state index < -0.39 is 0 Å². The van der Waals surface area contributed by atoms with E-state index in [0.29, 0.717) is 37.0 Å². The molecule has 1 aromatic carbocycles. The molecule has 1 amide bonds. The molecule has 2 aromatic heterocycles.